The Morgan fingerprint density at radius 1 is 1.70 bits per heavy atom. The predicted octanol–water partition coefficient (Wildman–Crippen LogP) is -0.516. The lowest BCUT2D eigenvalue weighted by Crippen LogP contribution is -2.48. The quantitative estimate of drug-likeness (QED) is 0.502. The van der Waals surface area contributed by atoms with Gasteiger partial charge in [0.15, 0.2) is 11.2 Å². The molecule has 126 valence electrons. The van der Waals surface area contributed by atoms with Gasteiger partial charge in [-0.25, -0.2) is 9.37 Å². The van der Waals surface area contributed by atoms with Crippen molar-refractivity contribution < 1.29 is 19.3 Å². The van der Waals surface area contributed by atoms with Crippen LogP contribution in [0.4, 0.5) is 10.3 Å². The maximum Gasteiger partial charge on any atom is 0.280 e. The number of anilines is 1. The Kier molecular flexibility index (Phi) is 4.78. The van der Waals surface area contributed by atoms with Crippen molar-refractivity contribution >= 4 is 17.1 Å². The highest BCUT2D eigenvalue weighted by molar-refractivity contribution is 5.70. The number of alkyl halides is 1. The van der Waals surface area contributed by atoms with Gasteiger partial charge in [-0.3, -0.25) is 14.3 Å². The molecule has 2 aromatic heterocycles. The van der Waals surface area contributed by atoms with Crippen molar-refractivity contribution in [3.63, 3.8) is 0 Å². The van der Waals surface area contributed by atoms with E-state index in [1.54, 1.807) is 6.92 Å². The number of nitrogens with one attached hydrogen (secondary N) is 1. The molecule has 5 N–H and O–H groups in total. The third kappa shape index (κ3) is 2.96. The summed E-state index contributed by atoms with van der Waals surface area (Å²) in [5.41, 5.74) is 3.49. The van der Waals surface area contributed by atoms with Crippen LogP contribution >= 0.6 is 0 Å². The van der Waals surface area contributed by atoms with Gasteiger partial charge in [-0.05, 0) is 6.92 Å². The van der Waals surface area contributed by atoms with E-state index in [9.17, 15) is 19.4 Å². The van der Waals surface area contributed by atoms with Crippen LogP contribution in [-0.2, 0) is 4.74 Å². The average molecular weight is 327 g/mol. The fourth-order valence-corrected chi connectivity index (χ4v) is 2.18. The maximum atomic E-state index is 12.8. The van der Waals surface area contributed by atoms with E-state index in [2.05, 4.69) is 21.5 Å². The molecule has 0 spiro atoms. The minimum Gasteiger partial charge on any atom is -0.393 e. The molecular weight excluding hydrogens is 309 g/mol. The van der Waals surface area contributed by atoms with Gasteiger partial charge in [0.25, 0.3) is 5.56 Å². The number of imidazole rings is 1. The Balaban J connectivity index is 2.42. The molecule has 2 aromatic rings. The van der Waals surface area contributed by atoms with Crippen LogP contribution in [0.5, 0.6) is 0 Å². The molecule has 0 saturated carbocycles. The number of aromatic nitrogens is 4. The van der Waals surface area contributed by atoms with E-state index >= 15 is 0 Å². The van der Waals surface area contributed by atoms with Gasteiger partial charge in [-0.15, -0.1) is 6.58 Å². The zero-order valence-electron chi connectivity index (χ0n) is 12.4. The molecule has 0 bridgehead atoms. The second kappa shape index (κ2) is 6.44. The van der Waals surface area contributed by atoms with E-state index in [0.29, 0.717) is 0 Å². The number of fused-ring (bicyclic) bond motifs is 1. The smallest absolute Gasteiger partial charge is 0.280 e. The Morgan fingerprint density at radius 3 is 2.96 bits per heavy atom. The molecular formula is C13H18FN5O4. The second-order valence-corrected chi connectivity index (χ2v) is 4.98. The van der Waals surface area contributed by atoms with Crippen LogP contribution in [-0.4, -0.2) is 54.7 Å². The van der Waals surface area contributed by atoms with E-state index in [4.69, 9.17) is 10.5 Å². The number of H-pyrrole nitrogens is 1. The van der Waals surface area contributed by atoms with Crippen molar-refractivity contribution in [1.82, 2.24) is 19.5 Å². The van der Waals surface area contributed by atoms with Crippen LogP contribution in [0.25, 0.3) is 11.2 Å². The van der Waals surface area contributed by atoms with Gasteiger partial charge in [0, 0.05) is 0 Å². The van der Waals surface area contributed by atoms with Crippen molar-refractivity contribution in [3.05, 3.63) is 29.3 Å². The first-order valence-electron chi connectivity index (χ1n) is 6.77. The summed E-state index contributed by atoms with van der Waals surface area (Å²) >= 11 is 0. The molecule has 0 amide bonds. The van der Waals surface area contributed by atoms with E-state index in [-0.39, 0.29) is 17.1 Å². The van der Waals surface area contributed by atoms with Crippen molar-refractivity contribution in [2.75, 3.05) is 19.0 Å². The molecule has 2 rings (SSSR count). The van der Waals surface area contributed by atoms with Gasteiger partial charge in [0.05, 0.1) is 12.9 Å². The summed E-state index contributed by atoms with van der Waals surface area (Å²) in [6.45, 7) is 3.21. The summed E-state index contributed by atoms with van der Waals surface area (Å²) in [7, 11) is 0. The fourth-order valence-electron chi connectivity index (χ4n) is 2.18. The van der Waals surface area contributed by atoms with Crippen LogP contribution in [0.15, 0.2) is 23.8 Å². The SMILES string of the molecule is C=C[C@](CO)(O[C@H](C)n1cnc2c(=O)[nH]c(N)nc21)[C@@H](O)CF. The summed E-state index contributed by atoms with van der Waals surface area (Å²) in [5, 5.41) is 19.3. The van der Waals surface area contributed by atoms with E-state index in [1.807, 2.05) is 0 Å². The van der Waals surface area contributed by atoms with Crippen LogP contribution < -0.4 is 11.3 Å². The van der Waals surface area contributed by atoms with Crippen molar-refractivity contribution in [1.29, 1.82) is 0 Å². The van der Waals surface area contributed by atoms with Gasteiger partial charge in [0.1, 0.15) is 24.6 Å². The number of ether oxygens (including phenoxy) is 1. The molecule has 0 aliphatic rings. The third-order valence-electron chi connectivity index (χ3n) is 3.54. The summed E-state index contributed by atoms with van der Waals surface area (Å²) < 4.78 is 19.8. The first-order chi connectivity index (χ1) is 10.9. The van der Waals surface area contributed by atoms with Crippen LogP contribution in [0.2, 0.25) is 0 Å². The minimum atomic E-state index is -1.71. The molecule has 9 nitrogen and oxygen atoms in total. The summed E-state index contributed by atoms with van der Waals surface area (Å²) in [4.78, 5) is 22.0. The van der Waals surface area contributed by atoms with Crippen LogP contribution in [0, 0.1) is 0 Å². The zero-order chi connectivity index (χ0) is 17.2. The predicted molar refractivity (Wildman–Crippen MR) is 80.4 cm³/mol. The Labute approximate surface area is 130 Å². The Bertz CT molecular complexity index is 760. The standard InChI is InChI=1S/C13H18FN5O4/c1-3-13(5-20,8(21)4-14)23-7(2)19-6-16-9-10(19)17-12(15)18-11(9)22/h3,6-8,20-21H,1,4-5H2,2H3,(H3,15,17,18,22)/t7-,8+,13-/m1/s1. The van der Waals surface area contributed by atoms with E-state index < -0.39 is 36.8 Å². The molecule has 10 heteroatoms. The number of halogens is 1. The molecule has 0 unspecified atom stereocenters. The molecule has 3 atom stereocenters. The summed E-state index contributed by atoms with van der Waals surface area (Å²) in [6.07, 6.45) is -0.0327. The first kappa shape index (κ1) is 17.1. The van der Waals surface area contributed by atoms with Gasteiger partial charge in [0.2, 0.25) is 5.95 Å². The van der Waals surface area contributed by atoms with Gasteiger partial charge in [-0.2, -0.15) is 4.98 Å². The normalized spacial score (nSPS) is 16.9. The Hall–Kier alpha value is -2.30. The minimum absolute atomic E-state index is 0.0499. The topological polar surface area (TPSA) is 139 Å². The number of hydrogen-bond acceptors (Lipinski definition) is 7. The average Bonchev–Trinajstić information content (AvgIpc) is 2.96. The number of nitrogens with zero attached hydrogens (tertiary/aromatic N) is 3. The summed E-state index contributed by atoms with van der Waals surface area (Å²) in [6, 6.07) is 0. The number of aromatic amines is 1. The molecule has 0 saturated heterocycles. The van der Waals surface area contributed by atoms with Crippen LogP contribution in [0.1, 0.15) is 13.2 Å². The molecule has 0 radical (unpaired) electrons. The molecule has 2 heterocycles. The highest BCUT2D eigenvalue weighted by Gasteiger charge is 2.38. The lowest BCUT2D eigenvalue weighted by Gasteiger charge is -2.35. The number of rotatable bonds is 7. The maximum absolute atomic E-state index is 12.8. The second-order valence-electron chi connectivity index (χ2n) is 4.98. The summed E-state index contributed by atoms with van der Waals surface area (Å²) in [5.74, 6) is -0.0996. The van der Waals surface area contributed by atoms with E-state index in [0.717, 1.165) is 6.08 Å². The molecule has 0 fully saturated rings. The van der Waals surface area contributed by atoms with Gasteiger partial charge in [-0.1, -0.05) is 6.08 Å². The molecule has 23 heavy (non-hydrogen) atoms. The number of nitrogens with two attached hydrogens (primary N) is 1. The number of aliphatic hydroxyl groups excluding tert-OH is 2. The lowest BCUT2D eigenvalue weighted by molar-refractivity contribution is -0.166. The number of aliphatic hydroxyl groups is 2. The molecule has 0 aromatic carbocycles. The molecule has 0 aliphatic heterocycles. The van der Waals surface area contributed by atoms with Crippen LogP contribution in [0.3, 0.4) is 0 Å². The van der Waals surface area contributed by atoms with Crippen molar-refractivity contribution in [2.24, 2.45) is 0 Å². The van der Waals surface area contributed by atoms with E-state index in [1.165, 1.54) is 10.9 Å². The lowest BCUT2D eigenvalue weighted by atomic mass is 9.98. The molecule has 0 aliphatic carbocycles. The first-order valence-corrected chi connectivity index (χ1v) is 6.77. The highest BCUT2D eigenvalue weighted by atomic mass is 19.1. The Morgan fingerprint density at radius 2 is 2.39 bits per heavy atom. The largest absolute Gasteiger partial charge is 0.393 e. The fraction of sp³-hybridized carbons (Fsp3) is 0.462. The third-order valence-corrected chi connectivity index (χ3v) is 3.54. The van der Waals surface area contributed by atoms with Gasteiger partial charge < -0.3 is 20.7 Å². The zero-order valence-corrected chi connectivity index (χ0v) is 12.4. The van der Waals surface area contributed by atoms with Crippen molar-refractivity contribution in [2.45, 2.75) is 24.9 Å². The van der Waals surface area contributed by atoms with Crippen molar-refractivity contribution in [3.8, 4) is 0 Å². The van der Waals surface area contributed by atoms with Gasteiger partial charge >= 0.3 is 0 Å². The number of hydrogen-bond donors (Lipinski definition) is 4. The number of nitrogen functional groups attached to an aromatic ring is 1. The monoisotopic (exact) mass is 327 g/mol. The highest BCUT2D eigenvalue weighted by Crippen LogP contribution is 2.26.